The molecule has 0 bridgehead atoms. The van der Waals surface area contributed by atoms with E-state index in [0.717, 1.165) is 22.5 Å². The van der Waals surface area contributed by atoms with E-state index in [4.69, 9.17) is 12.2 Å². The Morgan fingerprint density at radius 1 is 1.47 bits per heavy atom. The molecular formula is C11H11N3S. The number of hydrogen-bond donors (Lipinski definition) is 0. The molecule has 0 saturated carbocycles. The van der Waals surface area contributed by atoms with E-state index in [9.17, 15) is 0 Å². The van der Waals surface area contributed by atoms with Crippen LogP contribution in [0.25, 0.3) is 0 Å². The monoisotopic (exact) mass is 217 g/mol. The van der Waals surface area contributed by atoms with E-state index in [2.05, 4.69) is 10.1 Å². The van der Waals surface area contributed by atoms with Crippen LogP contribution in [0, 0.1) is 0 Å². The van der Waals surface area contributed by atoms with Gasteiger partial charge >= 0.3 is 0 Å². The van der Waals surface area contributed by atoms with E-state index >= 15 is 0 Å². The zero-order valence-electron chi connectivity index (χ0n) is 8.42. The summed E-state index contributed by atoms with van der Waals surface area (Å²) in [7, 11) is 0. The van der Waals surface area contributed by atoms with Crippen LogP contribution >= 0.6 is 12.2 Å². The second kappa shape index (κ2) is 4.31. The molecule has 0 aliphatic heterocycles. The highest BCUT2D eigenvalue weighted by Crippen LogP contribution is 2.03. The average molecular weight is 217 g/mol. The molecule has 0 atom stereocenters. The molecule has 4 heteroatoms. The van der Waals surface area contributed by atoms with Gasteiger partial charge in [-0.1, -0.05) is 18.3 Å². The molecule has 76 valence electrons. The predicted octanol–water partition coefficient (Wildman–Crippen LogP) is 2.06. The number of nitrogens with zero attached hydrogens (tertiary/aromatic N) is 3. The summed E-state index contributed by atoms with van der Waals surface area (Å²) in [6.07, 6.45) is 7.35. The minimum absolute atomic E-state index is 0.733. The van der Waals surface area contributed by atoms with Gasteiger partial charge in [0.2, 0.25) is 0 Å². The third-order valence-electron chi connectivity index (χ3n) is 2.11. The van der Waals surface area contributed by atoms with Crippen LogP contribution in [0.2, 0.25) is 0 Å². The van der Waals surface area contributed by atoms with Crippen molar-refractivity contribution in [2.45, 2.75) is 13.5 Å². The van der Waals surface area contributed by atoms with Crippen LogP contribution in [0.4, 0.5) is 0 Å². The summed E-state index contributed by atoms with van der Waals surface area (Å²) in [6.45, 7) is 2.64. The maximum Gasteiger partial charge on any atom is 0.0674 e. The maximum atomic E-state index is 5.07. The highest BCUT2D eigenvalue weighted by Gasteiger charge is 2.00. The first-order valence-corrected chi connectivity index (χ1v) is 5.09. The molecule has 0 saturated heterocycles. The zero-order valence-corrected chi connectivity index (χ0v) is 9.24. The lowest BCUT2D eigenvalue weighted by Crippen LogP contribution is -2.00. The minimum atomic E-state index is 0.733. The van der Waals surface area contributed by atoms with Crippen molar-refractivity contribution in [2.24, 2.45) is 0 Å². The molecule has 2 aromatic heterocycles. The van der Waals surface area contributed by atoms with Gasteiger partial charge in [0.05, 0.1) is 12.7 Å². The molecule has 2 heterocycles. The average Bonchev–Trinajstić information content (AvgIpc) is 2.68. The van der Waals surface area contributed by atoms with Crippen molar-refractivity contribution in [3.05, 3.63) is 48.0 Å². The van der Waals surface area contributed by atoms with Gasteiger partial charge in [-0.2, -0.15) is 5.10 Å². The third-order valence-corrected chi connectivity index (χ3v) is 2.34. The molecule has 0 spiro atoms. The Morgan fingerprint density at radius 3 is 2.93 bits per heavy atom. The molecule has 3 nitrogen and oxygen atoms in total. The van der Waals surface area contributed by atoms with E-state index in [1.165, 1.54) is 0 Å². The molecular weight excluding hydrogens is 206 g/mol. The Labute approximate surface area is 93.8 Å². The van der Waals surface area contributed by atoms with Gasteiger partial charge in [0.1, 0.15) is 0 Å². The van der Waals surface area contributed by atoms with Crippen molar-refractivity contribution in [1.29, 1.82) is 0 Å². The maximum absolute atomic E-state index is 5.07. The smallest absolute Gasteiger partial charge is 0.0674 e. The fraction of sp³-hybridized carbons (Fsp3) is 0.182. The summed E-state index contributed by atoms with van der Waals surface area (Å²) < 4.78 is 1.86. The Kier molecular flexibility index (Phi) is 2.87. The number of pyridine rings is 1. The van der Waals surface area contributed by atoms with Crippen molar-refractivity contribution in [1.82, 2.24) is 14.8 Å². The zero-order chi connectivity index (χ0) is 10.7. The summed E-state index contributed by atoms with van der Waals surface area (Å²) in [5.41, 5.74) is 2.14. The van der Waals surface area contributed by atoms with E-state index < -0.39 is 0 Å². The highest BCUT2D eigenvalue weighted by molar-refractivity contribution is 7.80. The fourth-order valence-electron chi connectivity index (χ4n) is 1.31. The van der Waals surface area contributed by atoms with E-state index in [1.54, 1.807) is 12.4 Å². The Bertz CT molecular complexity index is 462. The number of aromatic nitrogens is 3. The van der Waals surface area contributed by atoms with Gasteiger partial charge in [-0.3, -0.25) is 9.67 Å². The van der Waals surface area contributed by atoms with Crippen molar-refractivity contribution < 1.29 is 0 Å². The van der Waals surface area contributed by atoms with Crippen LogP contribution in [0.15, 0.2) is 36.9 Å². The molecule has 0 radical (unpaired) electrons. The van der Waals surface area contributed by atoms with Gasteiger partial charge in [0.25, 0.3) is 0 Å². The lowest BCUT2D eigenvalue weighted by Gasteiger charge is -1.99. The van der Waals surface area contributed by atoms with E-state index in [0.29, 0.717) is 0 Å². The second-order valence-corrected chi connectivity index (χ2v) is 3.96. The lowest BCUT2D eigenvalue weighted by atomic mass is 10.3. The summed E-state index contributed by atoms with van der Waals surface area (Å²) in [6, 6.07) is 3.95. The lowest BCUT2D eigenvalue weighted by molar-refractivity contribution is 0.685. The Morgan fingerprint density at radius 2 is 2.33 bits per heavy atom. The van der Waals surface area contributed by atoms with Gasteiger partial charge in [-0.15, -0.1) is 0 Å². The summed E-state index contributed by atoms with van der Waals surface area (Å²) >= 11 is 5.07. The minimum Gasteiger partial charge on any atom is -0.268 e. The molecule has 0 N–H and O–H groups in total. The first-order valence-electron chi connectivity index (χ1n) is 4.68. The third kappa shape index (κ3) is 2.47. The summed E-state index contributed by atoms with van der Waals surface area (Å²) in [5, 5.41) is 4.23. The normalized spacial score (nSPS) is 10.2. The summed E-state index contributed by atoms with van der Waals surface area (Å²) in [5.74, 6) is 0. The topological polar surface area (TPSA) is 30.7 Å². The van der Waals surface area contributed by atoms with Gasteiger partial charge in [-0.25, -0.2) is 0 Å². The van der Waals surface area contributed by atoms with Crippen molar-refractivity contribution in [3.63, 3.8) is 0 Å². The van der Waals surface area contributed by atoms with Crippen molar-refractivity contribution >= 4 is 17.1 Å². The van der Waals surface area contributed by atoms with Crippen molar-refractivity contribution in [2.75, 3.05) is 0 Å². The SMILES string of the molecule is CC(=S)c1cnn(Cc2cccnc2)c1. The quantitative estimate of drug-likeness (QED) is 0.582. The molecule has 0 unspecified atom stereocenters. The highest BCUT2D eigenvalue weighted by atomic mass is 32.1. The predicted molar refractivity (Wildman–Crippen MR) is 62.9 cm³/mol. The van der Waals surface area contributed by atoms with Gasteiger partial charge < -0.3 is 0 Å². The Balaban J connectivity index is 2.15. The van der Waals surface area contributed by atoms with Crippen LogP contribution in [0.5, 0.6) is 0 Å². The second-order valence-electron chi connectivity index (χ2n) is 3.34. The van der Waals surface area contributed by atoms with Gasteiger partial charge in [-0.05, 0) is 18.6 Å². The molecule has 2 rings (SSSR count). The van der Waals surface area contributed by atoms with Crippen LogP contribution < -0.4 is 0 Å². The fourth-order valence-corrected chi connectivity index (χ4v) is 1.42. The van der Waals surface area contributed by atoms with Crippen LogP contribution in [0.3, 0.4) is 0 Å². The first kappa shape index (κ1) is 9.98. The number of thiocarbonyl (C=S) groups is 1. The van der Waals surface area contributed by atoms with Crippen LogP contribution in [0.1, 0.15) is 18.1 Å². The van der Waals surface area contributed by atoms with E-state index in [-0.39, 0.29) is 0 Å². The Hall–Kier alpha value is -1.55. The van der Waals surface area contributed by atoms with E-state index in [1.807, 2.05) is 36.1 Å². The standard InChI is InChI=1S/C11H11N3S/c1-9(15)11-6-13-14(8-11)7-10-3-2-4-12-5-10/h2-6,8H,7H2,1H3. The molecule has 0 aliphatic rings. The molecule has 0 aliphatic carbocycles. The van der Waals surface area contributed by atoms with Crippen LogP contribution in [-0.4, -0.2) is 19.6 Å². The van der Waals surface area contributed by atoms with Crippen LogP contribution in [-0.2, 0) is 6.54 Å². The van der Waals surface area contributed by atoms with Gasteiger partial charge in [0.15, 0.2) is 0 Å². The first-order chi connectivity index (χ1) is 7.25. The largest absolute Gasteiger partial charge is 0.268 e. The molecule has 15 heavy (non-hydrogen) atoms. The molecule has 0 amide bonds. The summed E-state index contributed by atoms with van der Waals surface area (Å²) in [4.78, 5) is 4.92. The number of rotatable bonds is 3. The molecule has 0 fully saturated rings. The van der Waals surface area contributed by atoms with Crippen molar-refractivity contribution in [3.8, 4) is 0 Å². The number of hydrogen-bond acceptors (Lipinski definition) is 3. The molecule has 0 aromatic carbocycles. The molecule has 2 aromatic rings. The van der Waals surface area contributed by atoms with Gasteiger partial charge in [0, 0.05) is 29.0 Å².